The lowest BCUT2D eigenvalue weighted by Crippen LogP contribution is -2.31. The third-order valence-corrected chi connectivity index (χ3v) is 4.47. The van der Waals surface area contributed by atoms with Crippen LogP contribution in [0, 0.1) is 5.82 Å². The van der Waals surface area contributed by atoms with Crippen LogP contribution in [0.15, 0.2) is 23.0 Å². The Morgan fingerprint density at radius 3 is 2.67 bits per heavy atom. The number of carbonyl (C=O) groups excluding carboxylic acids is 2. The van der Waals surface area contributed by atoms with E-state index in [0.717, 1.165) is 36.1 Å². The van der Waals surface area contributed by atoms with Crippen molar-refractivity contribution in [3.05, 3.63) is 40.3 Å². The quantitative estimate of drug-likeness (QED) is 0.792. The highest BCUT2D eigenvalue weighted by Gasteiger charge is 2.20. The lowest BCUT2D eigenvalue weighted by atomic mass is 10.2. The van der Waals surface area contributed by atoms with Gasteiger partial charge in [0.15, 0.2) is 0 Å². The molecule has 0 unspecified atom stereocenters. The number of nitrogens with one attached hydrogen (secondary N) is 2. The third kappa shape index (κ3) is 5.46. The smallest absolute Gasteiger partial charge is 0.412 e. The second kappa shape index (κ2) is 8.68. The first kappa shape index (κ1) is 21.5. The second-order valence-corrected chi connectivity index (χ2v) is 8.18. The minimum atomic E-state index is -0.737. The lowest BCUT2D eigenvalue weighted by Gasteiger charge is -2.20. The molecule has 0 fully saturated rings. The van der Waals surface area contributed by atoms with E-state index < -0.39 is 23.4 Å². The first-order valence-electron chi connectivity index (χ1n) is 9.88. The van der Waals surface area contributed by atoms with E-state index in [4.69, 9.17) is 4.74 Å². The molecule has 162 valence electrons. The van der Waals surface area contributed by atoms with Gasteiger partial charge < -0.3 is 10.1 Å². The van der Waals surface area contributed by atoms with E-state index in [0.29, 0.717) is 18.8 Å². The Hall–Kier alpha value is -3.17. The van der Waals surface area contributed by atoms with Gasteiger partial charge in [0.1, 0.15) is 23.8 Å². The van der Waals surface area contributed by atoms with Crippen molar-refractivity contribution in [2.45, 2.75) is 65.1 Å². The first-order chi connectivity index (χ1) is 14.1. The molecule has 0 spiro atoms. The van der Waals surface area contributed by atoms with Crippen LogP contribution in [0.2, 0.25) is 0 Å². The fraction of sp³-hybridized carbons (Fsp3) is 0.500. The molecule has 3 rings (SSSR count). The van der Waals surface area contributed by atoms with Gasteiger partial charge in [0.25, 0.3) is 0 Å². The minimum absolute atomic E-state index is 0.0553. The van der Waals surface area contributed by atoms with Crippen molar-refractivity contribution in [1.29, 1.82) is 0 Å². The number of anilines is 2. The Morgan fingerprint density at radius 1 is 1.17 bits per heavy atom. The number of aryl methyl sites for hydroxylation is 1. The Morgan fingerprint density at radius 2 is 1.93 bits per heavy atom. The van der Waals surface area contributed by atoms with Crippen LogP contribution in [0.4, 0.5) is 20.6 Å². The molecule has 0 radical (unpaired) electrons. The van der Waals surface area contributed by atoms with E-state index in [-0.39, 0.29) is 23.6 Å². The van der Waals surface area contributed by atoms with Crippen molar-refractivity contribution in [3.63, 3.8) is 0 Å². The summed E-state index contributed by atoms with van der Waals surface area (Å²) in [4.78, 5) is 37.0. The third-order valence-electron chi connectivity index (χ3n) is 4.47. The van der Waals surface area contributed by atoms with Crippen LogP contribution in [0.25, 0.3) is 0 Å². The molecule has 1 aromatic carbocycles. The predicted molar refractivity (Wildman–Crippen MR) is 109 cm³/mol. The summed E-state index contributed by atoms with van der Waals surface area (Å²) in [6.45, 7) is 5.41. The summed E-state index contributed by atoms with van der Waals surface area (Å²) < 4.78 is 21.6. The van der Waals surface area contributed by atoms with E-state index in [2.05, 4.69) is 15.7 Å². The van der Waals surface area contributed by atoms with Crippen molar-refractivity contribution in [2.75, 3.05) is 10.6 Å². The molecule has 0 saturated heterocycles. The Kier molecular flexibility index (Phi) is 6.23. The highest BCUT2D eigenvalue weighted by atomic mass is 19.1. The van der Waals surface area contributed by atoms with Gasteiger partial charge in [-0.15, -0.1) is 0 Å². The van der Waals surface area contributed by atoms with E-state index in [1.165, 1.54) is 6.07 Å². The molecule has 2 amide bonds. The molecule has 1 aliphatic heterocycles. The van der Waals surface area contributed by atoms with Gasteiger partial charge in [0.05, 0.1) is 11.4 Å². The molecule has 2 N–H and O–H groups in total. The average Bonchev–Trinajstić information content (AvgIpc) is 2.80. The monoisotopic (exact) mass is 419 g/mol. The maximum Gasteiger partial charge on any atom is 0.412 e. The van der Waals surface area contributed by atoms with Crippen LogP contribution in [-0.4, -0.2) is 31.9 Å². The molecule has 10 heteroatoms. The van der Waals surface area contributed by atoms with Crippen LogP contribution in [0.5, 0.6) is 0 Å². The molecule has 1 aliphatic rings. The molecule has 9 nitrogen and oxygen atoms in total. The zero-order chi connectivity index (χ0) is 21.9. The molecular formula is C20H26FN5O4. The molecule has 0 atom stereocenters. The largest absolute Gasteiger partial charge is 0.444 e. The summed E-state index contributed by atoms with van der Waals surface area (Å²) in [5.74, 6) is -0.488. The summed E-state index contributed by atoms with van der Waals surface area (Å²) in [7, 11) is 0. The number of amides is 2. The lowest BCUT2D eigenvalue weighted by molar-refractivity contribution is -0.117. The van der Waals surface area contributed by atoms with Crippen molar-refractivity contribution in [1.82, 2.24) is 14.3 Å². The summed E-state index contributed by atoms with van der Waals surface area (Å²) in [6.07, 6.45) is 2.84. The van der Waals surface area contributed by atoms with Gasteiger partial charge in [0.2, 0.25) is 5.91 Å². The van der Waals surface area contributed by atoms with Gasteiger partial charge in [-0.1, -0.05) is 6.42 Å². The van der Waals surface area contributed by atoms with Gasteiger partial charge in [-0.2, -0.15) is 5.10 Å². The fourth-order valence-electron chi connectivity index (χ4n) is 3.20. The number of fused-ring (bicyclic) bond motifs is 1. The van der Waals surface area contributed by atoms with Crippen LogP contribution in [-0.2, 0) is 29.0 Å². The second-order valence-electron chi connectivity index (χ2n) is 8.18. The fourth-order valence-corrected chi connectivity index (χ4v) is 3.20. The van der Waals surface area contributed by atoms with Gasteiger partial charge in [-0.3, -0.25) is 14.7 Å². The number of nitrogens with zero attached hydrogens (tertiary/aromatic N) is 3. The zero-order valence-corrected chi connectivity index (χ0v) is 17.3. The normalized spacial score (nSPS) is 13.9. The number of hydrogen-bond donors (Lipinski definition) is 2. The summed E-state index contributed by atoms with van der Waals surface area (Å²) >= 11 is 0. The molecule has 2 aromatic rings. The zero-order valence-electron chi connectivity index (χ0n) is 17.3. The van der Waals surface area contributed by atoms with Crippen LogP contribution < -0.4 is 16.3 Å². The minimum Gasteiger partial charge on any atom is -0.444 e. The van der Waals surface area contributed by atoms with E-state index >= 15 is 0 Å². The van der Waals surface area contributed by atoms with Crippen molar-refractivity contribution >= 4 is 23.4 Å². The highest BCUT2D eigenvalue weighted by Crippen LogP contribution is 2.24. The summed E-state index contributed by atoms with van der Waals surface area (Å²) in [5, 5.41) is 9.28. The number of rotatable bonds is 4. The van der Waals surface area contributed by atoms with E-state index in [1.807, 2.05) is 0 Å². The molecule has 0 saturated carbocycles. The first-order valence-corrected chi connectivity index (χ1v) is 9.88. The van der Waals surface area contributed by atoms with Gasteiger partial charge in [-0.25, -0.2) is 18.7 Å². The topological polar surface area (TPSA) is 107 Å². The van der Waals surface area contributed by atoms with Gasteiger partial charge in [-0.05, 0) is 51.8 Å². The van der Waals surface area contributed by atoms with Crippen molar-refractivity contribution in [2.24, 2.45) is 0 Å². The Bertz CT molecular complexity index is 1010. The number of ether oxygens (including phenoxy) is 1. The SMILES string of the molecule is CC(C)(C)OC(=O)Nc1ccc(F)cc1NC(=O)Cn1nc2n(c1=O)CCCCC2. The molecule has 30 heavy (non-hydrogen) atoms. The summed E-state index contributed by atoms with van der Waals surface area (Å²) in [6, 6.07) is 3.55. The average molecular weight is 419 g/mol. The van der Waals surface area contributed by atoms with Gasteiger partial charge >= 0.3 is 11.8 Å². The number of hydrogen-bond acceptors (Lipinski definition) is 5. The highest BCUT2D eigenvalue weighted by molar-refractivity contribution is 5.97. The molecule has 2 heterocycles. The number of aromatic nitrogens is 3. The molecule has 0 aliphatic carbocycles. The van der Waals surface area contributed by atoms with E-state index in [9.17, 15) is 18.8 Å². The van der Waals surface area contributed by atoms with E-state index in [1.54, 1.807) is 25.3 Å². The standard InChI is InChI=1S/C20H26FN5O4/c1-20(2,3)30-18(28)23-14-9-8-13(21)11-15(14)22-17(27)12-26-19(29)25-10-6-4-5-7-16(25)24-26/h8-9,11H,4-7,10,12H2,1-3H3,(H,22,27)(H,23,28). The van der Waals surface area contributed by atoms with Crippen LogP contribution in [0.3, 0.4) is 0 Å². The Balaban J connectivity index is 1.73. The van der Waals surface area contributed by atoms with Crippen molar-refractivity contribution < 1.29 is 18.7 Å². The number of benzene rings is 1. The maximum atomic E-state index is 13.7. The van der Waals surface area contributed by atoms with Crippen LogP contribution >= 0.6 is 0 Å². The van der Waals surface area contributed by atoms with Crippen LogP contribution in [0.1, 0.15) is 45.9 Å². The predicted octanol–water partition coefficient (Wildman–Crippen LogP) is 2.90. The molecule has 1 aromatic heterocycles. The number of carbonyl (C=O) groups is 2. The summed E-state index contributed by atoms with van der Waals surface area (Å²) in [5.41, 5.74) is -0.826. The maximum absolute atomic E-state index is 13.7. The Labute approximate surface area is 173 Å². The number of halogens is 1. The van der Waals surface area contributed by atoms with Gasteiger partial charge in [0, 0.05) is 13.0 Å². The molecular weight excluding hydrogens is 393 g/mol. The molecule has 0 bridgehead atoms. The van der Waals surface area contributed by atoms with Crippen molar-refractivity contribution in [3.8, 4) is 0 Å².